The molecule has 0 bridgehead atoms. The predicted molar refractivity (Wildman–Crippen MR) is 101 cm³/mol. The normalized spacial score (nSPS) is 10.8. The van der Waals surface area contributed by atoms with Crippen molar-refractivity contribution in [2.45, 2.75) is 20.0 Å². The number of rotatable bonds is 7. The minimum absolute atomic E-state index is 0. The number of aryl methyl sites for hydroxylation is 1. The van der Waals surface area contributed by atoms with Crippen molar-refractivity contribution in [3.63, 3.8) is 0 Å². The molecule has 8 heteroatoms. The minimum Gasteiger partial charge on any atom is -0.492 e. The van der Waals surface area contributed by atoms with Crippen LogP contribution in [0, 0.1) is 0 Å². The SMILES string of the molecule is CCn1cnnc1CNC(=NC)NCCOc1ccccc1.I. The van der Waals surface area contributed by atoms with E-state index in [2.05, 4.69) is 32.7 Å². The lowest BCUT2D eigenvalue weighted by Crippen LogP contribution is -2.39. The zero-order valence-corrected chi connectivity index (χ0v) is 15.7. The Bertz CT molecular complexity index is 587. The Morgan fingerprint density at radius 2 is 2.04 bits per heavy atom. The largest absolute Gasteiger partial charge is 0.492 e. The zero-order chi connectivity index (χ0) is 15.6. The van der Waals surface area contributed by atoms with E-state index in [4.69, 9.17) is 4.74 Å². The molecule has 2 N–H and O–H groups in total. The van der Waals surface area contributed by atoms with Crippen LogP contribution < -0.4 is 15.4 Å². The molecular formula is C15H23IN6O. The summed E-state index contributed by atoms with van der Waals surface area (Å²) >= 11 is 0. The smallest absolute Gasteiger partial charge is 0.191 e. The van der Waals surface area contributed by atoms with Crippen molar-refractivity contribution in [2.75, 3.05) is 20.2 Å². The summed E-state index contributed by atoms with van der Waals surface area (Å²) in [5.41, 5.74) is 0. The fourth-order valence-electron chi connectivity index (χ4n) is 1.92. The standard InChI is InChI=1S/C15H22N6O.HI/c1-3-21-12-19-20-14(21)11-18-15(16-2)17-9-10-22-13-7-5-4-6-8-13;/h4-8,12H,3,9-11H2,1-2H3,(H2,16,17,18);1H. The second kappa shape index (κ2) is 10.8. The Balaban J connectivity index is 0.00000264. The fraction of sp³-hybridized carbons (Fsp3) is 0.400. The first-order valence-electron chi connectivity index (χ1n) is 7.32. The summed E-state index contributed by atoms with van der Waals surface area (Å²) in [7, 11) is 1.73. The molecule has 0 fully saturated rings. The molecule has 0 unspecified atom stereocenters. The van der Waals surface area contributed by atoms with Crippen LogP contribution >= 0.6 is 24.0 Å². The molecule has 126 valence electrons. The number of hydrogen-bond acceptors (Lipinski definition) is 4. The molecule has 0 spiro atoms. The van der Waals surface area contributed by atoms with Gasteiger partial charge in [0, 0.05) is 13.6 Å². The van der Waals surface area contributed by atoms with E-state index in [9.17, 15) is 0 Å². The van der Waals surface area contributed by atoms with Gasteiger partial charge in [0.05, 0.1) is 13.1 Å². The molecule has 1 aromatic heterocycles. The molecule has 2 aromatic rings. The highest BCUT2D eigenvalue weighted by Gasteiger charge is 2.04. The third kappa shape index (κ3) is 6.43. The molecule has 0 saturated heterocycles. The van der Waals surface area contributed by atoms with E-state index in [1.54, 1.807) is 13.4 Å². The summed E-state index contributed by atoms with van der Waals surface area (Å²) in [4.78, 5) is 4.17. The summed E-state index contributed by atoms with van der Waals surface area (Å²) in [5.74, 6) is 2.46. The minimum atomic E-state index is 0. The Kier molecular flexibility index (Phi) is 9.03. The second-order valence-electron chi connectivity index (χ2n) is 4.55. The van der Waals surface area contributed by atoms with Crippen LogP contribution in [0.4, 0.5) is 0 Å². The first-order chi connectivity index (χ1) is 10.8. The molecule has 1 aromatic carbocycles. The molecule has 23 heavy (non-hydrogen) atoms. The highest BCUT2D eigenvalue weighted by atomic mass is 127. The molecule has 0 saturated carbocycles. The molecule has 0 aliphatic carbocycles. The summed E-state index contributed by atoms with van der Waals surface area (Å²) in [6.45, 7) is 4.71. The van der Waals surface area contributed by atoms with E-state index in [0.29, 0.717) is 25.7 Å². The van der Waals surface area contributed by atoms with Crippen LogP contribution in [0.15, 0.2) is 41.7 Å². The average molecular weight is 430 g/mol. The molecule has 0 atom stereocenters. The lowest BCUT2D eigenvalue weighted by atomic mass is 10.3. The number of benzene rings is 1. The van der Waals surface area contributed by atoms with E-state index in [-0.39, 0.29) is 24.0 Å². The van der Waals surface area contributed by atoms with Gasteiger partial charge in [0.2, 0.25) is 0 Å². The highest BCUT2D eigenvalue weighted by Crippen LogP contribution is 2.07. The maximum absolute atomic E-state index is 5.62. The molecule has 7 nitrogen and oxygen atoms in total. The van der Waals surface area contributed by atoms with Gasteiger partial charge in [-0.15, -0.1) is 34.2 Å². The lowest BCUT2D eigenvalue weighted by Gasteiger charge is -2.12. The number of aliphatic imine (C=N–C) groups is 1. The number of guanidine groups is 1. The van der Waals surface area contributed by atoms with Gasteiger partial charge in [0.15, 0.2) is 11.8 Å². The average Bonchev–Trinajstić information content (AvgIpc) is 3.02. The third-order valence-electron chi connectivity index (χ3n) is 3.08. The Morgan fingerprint density at radius 1 is 1.26 bits per heavy atom. The first kappa shape index (κ1) is 19.2. The highest BCUT2D eigenvalue weighted by molar-refractivity contribution is 14.0. The van der Waals surface area contributed by atoms with E-state index >= 15 is 0 Å². The quantitative estimate of drug-likeness (QED) is 0.303. The number of aromatic nitrogens is 3. The molecule has 0 radical (unpaired) electrons. The topological polar surface area (TPSA) is 76.4 Å². The van der Waals surface area contributed by atoms with Gasteiger partial charge in [-0.2, -0.15) is 0 Å². The summed E-state index contributed by atoms with van der Waals surface area (Å²) < 4.78 is 7.60. The summed E-state index contributed by atoms with van der Waals surface area (Å²) in [5, 5.41) is 14.4. The maximum Gasteiger partial charge on any atom is 0.191 e. The van der Waals surface area contributed by atoms with Gasteiger partial charge in [-0.05, 0) is 19.1 Å². The molecule has 0 aliphatic rings. The number of nitrogens with one attached hydrogen (secondary N) is 2. The van der Waals surface area contributed by atoms with E-state index < -0.39 is 0 Å². The van der Waals surface area contributed by atoms with Crippen molar-refractivity contribution in [1.29, 1.82) is 0 Å². The van der Waals surface area contributed by atoms with Gasteiger partial charge in [0.1, 0.15) is 18.7 Å². The van der Waals surface area contributed by atoms with Crippen molar-refractivity contribution in [2.24, 2.45) is 4.99 Å². The maximum atomic E-state index is 5.62. The Labute approximate surface area is 153 Å². The molecule has 0 aliphatic heterocycles. The van der Waals surface area contributed by atoms with Gasteiger partial charge >= 0.3 is 0 Å². The third-order valence-corrected chi connectivity index (χ3v) is 3.08. The Morgan fingerprint density at radius 3 is 2.74 bits per heavy atom. The van der Waals surface area contributed by atoms with Crippen molar-refractivity contribution in [3.8, 4) is 5.75 Å². The van der Waals surface area contributed by atoms with Crippen LogP contribution in [0.25, 0.3) is 0 Å². The first-order valence-corrected chi connectivity index (χ1v) is 7.32. The second-order valence-corrected chi connectivity index (χ2v) is 4.55. The van der Waals surface area contributed by atoms with Crippen molar-refractivity contribution < 1.29 is 4.74 Å². The number of ether oxygens (including phenoxy) is 1. The predicted octanol–water partition coefficient (Wildman–Crippen LogP) is 1.66. The van der Waals surface area contributed by atoms with Crippen LogP contribution in [0.5, 0.6) is 5.75 Å². The van der Waals surface area contributed by atoms with Crippen LogP contribution in [0.1, 0.15) is 12.7 Å². The van der Waals surface area contributed by atoms with Gasteiger partial charge in [0.25, 0.3) is 0 Å². The molecule has 2 rings (SSSR count). The number of hydrogen-bond donors (Lipinski definition) is 2. The van der Waals surface area contributed by atoms with Crippen LogP contribution in [-0.4, -0.2) is 40.9 Å². The lowest BCUT2D eigenvalue weighted by molar-refractivity contribution is 0.322. The van der Waals surface area contributed by atoms with Crippen LogP contribution in [0.3, 0.4) is 0 Å². The van der Waals surface area contributed by atoms with Crippen molar-refractivity contribution in [1.82, 2.24) is 25.4 Å². The van der Waals surface area contributed by atoms with E-state index in [1.165, 1.54) is 0 Å². The van der Waals surface area contributed by atoms with Gasteiger partial charge in [-0.3, -0.25) is 4.99 Å². The van der Waals surface area contributed by atoms with Gasteiger partial charge in [-0.25, -0.2) is 0 Å². The summed E-state index contributed by atoms with van der Waals surface area (Å²) in [6, 6.07) is 9.74. The Hall–Kier alpha value is -1.84. The van der Waals surface area contributed by atoms with Gasteiger partial charge in [-0.1, -0.05) is 18.2 Å². The van der Waals surface area contributed by atoms with E-state index in [1.807, 2.05) is 34.9 Å². The van der Waals surface area contributed by atoms with Gasteiger partial charge < -0.3 is 19.9 Å². The summed E-state index contributed by atoms with van der Waals surface area (Å²) in [6.07, 6.45) is 1.72. The van der Waals surface area contributed by atoms with Crippen molar-refractivity contribution >= 4 is 29.9 Å². The molecular weight excluding hydrogens is 407 g/mol. The monoisotopic (exact) mass is 430 g/mol. The van der Waals surface area contributed by atoms with Crippen molar-refractivity contribution in [3.05, 3.63) is 42.5 Å². The van der Waals surface area contributed by atoms with Crippen LogP contribution in [-0.2, 0) is 13.1 Å². The fourth-order valence-corrected chi connectivity index (χ4v) is 1.92. The van der Waals surface area contributed by atoms with E-state index in [0.717, 1.165) is 18.1 Å². The van der Waals surface area contributed by atoms with Crippen LogP contribution in [0.2, 0.25) is 0 Å². The number of halogens is 1. The number of nitrogens with zero attached hydrogens (tertiary/aromatic N) is 4. The molecule has 1 heterocycles. The zero-order valence-electron chi connectivity index (χ0n) is 13.4. The number of para-hydroxylation sites is 1. The molecule has 0 amide bonds.